The van der Waals surface area contributed by atoms with Crippen molar-refractivity contribution >= 4 is 16.1 Å². The largest absolute Gasteiger partial charge is 0.460 e. The summed E-state index contributed by atoms with van der Waals surface area (Å²) < 4.78 is 71.3. The van der Waals surface area contributed by atoms with E-state index in [2.05, 4.69) is 10.3 Å². The summed E-state index contributed by atoms with van der Waals surface area (Å²) in [6.45, 7) is 5.83. The summed E-state index contributed by atoms with van der Waals surface area (Å²) in [6, 6.07) is 12.0. The van der Waals surface area contributed by atoms with Gasteiger partial charge in [-0.15, -0.1) is 4.83 Å². The fraction of sp³-hybridized carbons (Fsp3) is 0.458. The third-order valence-electron chi connectivity index (χ3n) is 5.60. The lowest BCUT2D eigenvalue weighted by Gasteiger charge is -2.42. The van der Waals surface area contributed by atoms with Gasteiger partial charge in [-0.25, -0.2) is 23.5 Å². The second-order valence-corrected chi connectivity index (χ2v) is 11.3. The molecule has 1 saturated heterocycles. The average molecular weight is 529 g/mol. The predicted octanol–water partition coefficient (Wildman–Crippen LogP) is 4.09. The number of nitrogens with one attached hydrogen (secondary N) is 2. The summed E-state index contributed by atoms with van der Waals surface area (Å²) in [5.74, 6) is 0. The van der Waals surface area contributed by atoms with Gasteiger partial charge in [-0.1, -0.05) is 42.0 Å². The van der Waals surface area contributed by atoms with Crippen molar-refractivity contribution in [1.29, 1.82) is 0 Å². The summed E-state index contributed by atoms with van der Waals surface area (Å²) in [6.07, 6.45) is -5.27. The minimum atomic E-state index is -4.56. The van der Waals surface area contributed by atoms with Crippen LogP contribution in [0.4, 0.5) is 18.0 Å². The molecule has 0 bridgehead atoms. The van der Waals surface area contributed by atoms with Crippen molar-refractivity contribution in [3.63, 3.8) is 0 Å². The Balaban J connectivity index is 1.83. The van der Waals surface area contributed by atoms with Gasteiger partial charge in [0, 0.05) is 26.2 Å². The average Bonchev–Trinajstić information content (AvgIpc) is 2.77. The first-order valence-corrected chi connectivity index (χ1v) is 12.9. The van der Waals surface area contributed by atoms with Crippen LogP contribution in [-0.2, 0) is 21.3 Å². The Labute approximate surface area is 209 Å². The molecule has 1 fully saturated rings. The summed E-state index contributed by atoms with van der Waals surface area (Å²) >= 11 is 0. The van der Waals surface area contributed by atoms with Crippen molar-refractivity contribution in [2.75, 3.05) is 19.6 Å². The van der Waals surface area contributed by atoms with Crippen molar-refractivity contribution in [1.82, 2.24) is 20.1 Å². The molecule has 36 heavy (non-hydrogen) atoms. The van der Waals surface area contributed by atoms with Gasteiger partial charge in [0.2, 0.25) is 0 Å². The minimum absolute atomic E-state index is 0.0219. The number of nitrogens with zero attached hydrogens (tertiary/aromatic N) is 2. The third kappa shape index (κ3) is 7.19. The van der Waals surface area contributed by atoms with E-state index in [1.54, 1.807) is 57.2 Å². The van der Waals surface area contributed by atoms with Gasteiger partial charge < -0.3 is 4.74 Å². The van der Waals surface area contributed by atoms with Gasteiger partial charge in [-0.3, -0.25) is 4.90 Å². The topological polar surface area (TPSA) is 91.0 Å². The maximum Gasteiger partial charge on any atom is 0.460 e. The zero-order valence-corrected chi connectivity index (χ0v) is 21.4. The number of rotatable bonds is 6. The molecule has 198 valence electrons. The standard InChI is InChI=1S/C24H31F3N4O4S/c1-17-9-11-19(12-10-17)36(33,34)29-28-15-18-7-5-6-8-20(18)21-16-30(24(25,26)27)13-14-31(21)22(32)35-23(2,3)4/h5-12,21,28-29H,13-16H2,1-4H3. The molecule has 0 radical (unpaired) electrons. The lowest BCUT2D eigenvalue weighted by atomic mass is 9.97. The number of carbonyl (C=O) groups is 1. The molecular weight excluding hydrogens is 497 g/mol. The van der Waals surface area contributed by atoms with E-state index in [1.807, 2.05) is 6.92 Å². The molecule has 0 aliphatic carbocycles. The summed E-state index contributed by atoms with van der Waals surface area (Å²) in [5, 5.41) is 0. The molecule has 2 aromatic carbocycles. The number of sulfonamides is 1. The number of hydrazine groups is 1. The number of ether oxygens (including phenoxy) is 1. The smallest absolute Gasteiger partial charge is 0.444 e. The Morgan fingerprint density at radius 2 is 1.69 bits per heavy atom. The summed E-state index contributed by atoms with van der Waals surface area (Å²) in [5.41, 5.74) is 3.73. The zero-order chi connectivity index (χ0) is 26.7. The van der Waals surface area contributed by atoms with Crippen LogP contribution in [0.3, 0.4) is 0 Å². The minimum Gasteiger partial charge on any atom is -0.444 e. The molecule has 0 spiro atoms. The fourth-order valence-corrected chi connectivity index (χ4v) is 4.72. The highest BCUT2D eigenvalue weighted by molar-refractivity contribution is 7.89. The normalized spacial score (nSPS) is 17.8. The highest BCUT2D eigenvalue weighted by atomic mass is 32.2. The maximum atomic E-state index is 13.6. The monoisotopic (exact) mass is 528 g/mol. The fourth-order valence-electron chi connectivity index (χ4n) is 3.84. The Kier molecular flexibility index (Phi) is 8.33. The van der Waals surface area contributed by atoms with Gasteiger partial charge in [-0.2, -0.15) is 13.2 Å². The first-order valence-electron chi connectivity index (χ1n) is 11.4. The molecular formula is C24H31F3N4O4S. The highest BCUT2D eigenvalue weighted by Crippen LogP contribution is 2.34. The summed E-state index contributed by atoms with van der Waals surface area (Å²) in [4.78, 5) is 16.9. The van der Waals surface area contributed by atoms with E-state index in [4.69, 9.17) is 4.74 Å². The number of alkyl halides is 3. The Morgan fingerprint density at radius 1 is 1.06 bits per heavy atom. The molecule has 3 rings (SSSR count). The van der Waals surface area contributed by atoms with Crippen LogP contribution in [0, 0.1) is 6.92 Å². The third-order valence-corrected chi connectivity index (χ3v) is 6.90. The number of halogens is 3. The molecule has 1 heterocycles. The van der Waals surface area contributed by atoms with Crippen LogP contribution < -0.4 is 10.3 Å². The van der Waals surface area contributed by atoms with Crippen LogP contribution >= 0.6 is 0 Å². The quantitative estimate of drug-likeness (QED) is 0.434. The van der Waals surface area contributed by atoms with Crippen molar-refractivity contribution in [3.8, 4) is 0 Å². The first kappa shape index (κ1) is 27.9. The van der Waals surface area contributed by atoms with Crippen molar-refractivity contribution in [2.24, 2.45) is 0 Å². The predicted molar refractivity (Wildman–Crippen MR) is 128 cm³/mol. The Morgan fingerprint density at radius 3 is 2.31 bits per heavy atom. The van der Waals surface area contributed by atoms with E-state index in [0.29, 0.717) is 16.0 Å². The molecule has 1 atom stereocenters. The molecule has 1 aliphatic rings. The van der Waals surface area contributed by atoms with E-state index in [0.717, 1.165) is 5.56 Å². The molecule has 0 saturated carbocycles. The Hall–Kier alpha value is -2.67. The molecule has 0 aromatic heterocycles. The van der Waals surface area contributed by atoms with Gasteiger partial charge in [0.05, 0.1) is 10.9 Å². The van der Waals surface area contributed by atoms with Crippen LogP contribution in [0.2, 0.25) is 0 Å². The Bertz CT molecular complexity index is 1170. The second-order valence-electron chi connectivity index (χ2n) is 9.57. The number of hydrogen-bond donors (Lipinski definition) is 2. The maximum absolute atomic E-state index is 13.6. The number of hydrogen-bond acceptors (Lipinski definition) is 6. The number of carbonyl (C=O) groups excluding carboxylic acids is 1. The molecule has 1 aliphatic heterocycles. The second kappa shape index (κ2) is 10.8. The molecule has 12 heteroatoms. The van der Waals surface area contributed by atoms with Crippen LogP contribution in [0.25, 0.3) is 0 Å². The number of amides is 1. The van der Waals surface area contributed by atoms with E-state index in [9.17, 15) is 26.4 Å². The van der Waals surface area contributed by atoms with E-state index >= 15 is 0 Å². The number of aryl methyl sites for hydroxylation is 1. The van der Waals surface area contributed by atoms with E-state index in [-0.39, 0.29) is 24.5 Å². The van der Waals surface area contributed by atoms with Crippen LogP contribution in [0.1, 0.15) is 43.5 Å². The van der Waals surface area contributed by atoms with Gasteiger partial charge in [0.1, 0.15) is 5.60 Å². The van der Waals surface area contributed by atoms with Crippen molar-refractivity contribution in [3.05, 3.63) is 65.2 Å². The SMILES string of the molecule is Cc1ccc(S(=O)(=O)NNCc2ccccc2C2CN(C(F)(F)F)CCN2C(=O)OC(C)(C)C)cc1. The molecule has 2 aromatic rings. The zero-order valence-electron chi connectivity index (χ0n) is 20.6. The van der Waals surface area contributed by atoms with E-state index in [1.165, 1.54) is 17.0 Å². The molecule has 1 unspecified atom stereocenters. The van der Waals surface area contributed by atoms with Crippen molar-refractivity contribution < 1.29 is 31.1 Å². The highest BCUT2D eigenvalue weighted by Gasteiger charge is 2.44. The van der Waals surface area contributed by atoms with Crippen LogP contribution in [-0.4, -0.2) is 55.8 Å². The first-order chi connectivity index (χ1) is 16.7. The van der Waals surface area contributed by atoms with Gasteiger partial charge >= 0.3 is 12.4 Å². The number of benzene rings is 2. The molecule has 2 N–H and O–H groups in total. The van der Waals surface area contributed by atoms with E-state index < -0.39 is 40.6 Å². The molecule has 1 amide bonds. The van der Waals surface area contributed by atoms with Crippen molar-refractivity contribution in [2.45, 2.75) is 57.1 Å². The lowest BCUT2D eigenvalue weighted by Crippen LogP contribution is -2.55. The lowest BCUT2D eigenvalue weighted by molar-refractivity contribution is -0.256. The number of piperazine rings is 1. The molecule has 8 nitrogen and oxygen atoms in total. The van der Waals surface area contributed by atoms with Gasteiger partial charge in [0.25, 0.3) is 10.0 Å². The van der Waals surface area contributed by atoms with Gasteiger partial charge in [-0.05, 0) is 51.0 Å². The summed E-state index contributed by atoms with van der Waals surface area (Å²) in [7, 11) is -3.86. The van der Waals surface area contributed by atoms with Gasteiger partial charge in [0.15, 0.2) is 0 Å². The van der Waals surface area contributed by atoms with Crippen LogP contribution in [0.5, 0.6) is 0 Å². The van der Waals surface area contributed by atoms with Crippen LogP contribution in [0.15, 0.2) is 53.4 Å².